The van der Waals surface area contributed by atoms with Gasteiger partial charge in [-0.1, -0.05) is 24.3 Å². The molecule has 0 radical (unpaired) electrons. The molecule has 0 bridgehead atoms. The van der Waals surface area contributed by atoms with Gasteiger partial charge in [-0.3, -0.25) is 0 Å². The molecule has 1 heterocycles. The Morgan fingerprint density at radius 1 is 1.11 bits per heavy atom. The molecule has 1 aliphatic rings. The van der Waals surface area contributed by atoms with Crippen LogP contribution in [0.2, 0.25) is 0 Å². The predicted octanol–water partition coefficient (Wildman–Crippen LogP) is 3.83. The summed E-state index contributed by atoms with van der Waals surface area (Å²) in [7, 11) is 0. The number of hydrogen-bond acceptors (Lipinski definition) is 1. The molecule has 0 N–H and O–H groups in total. The number of alkyl halides is 2. The second-order valence-corrected chi connectivity index (χ2v) is 5.24. The van der Waals surface area contributed by atoms with Gasteiger partial charge in [0.1, 0.15) is 0 Å². The maximum Gasteiger partial charge on any atom is 0.270 e. The van der Waals surface area contributed by atoms with E-state index in [-0.39, 0.29) is 5.56 Å². The Hall–Kier alpha value is -0.960. The van der Waals surface area contributed by atoms with Crippen molar-refractivity contribution in [3.8, 4) is 0 Å². The molecule has 0 spiro atoms. The first-order chi connectivity index (χ1) is 8.55. The van der Waals surface area contributed by atoms with Crippen molar-refractivity contribution in [2.24, 2.45) is 0 Å². The van der Waals surface area contributed by atoms with E-state index in [2.05, 4.69) is 4.90 Å². The van der Waals surface area contributed by atoms with Crippen LogP contribution in [0.3, 0.4) is 0 Å². The molecule has 0 unspecified atom stereocenters. The molecule has 0 aliphatic carbocycles. The fourth-order valence-corrected chi connectivity index (χ4v) is 2.48. The van der Waals surface area contributed by atoms with E-state index in [0.717, 1.165) is 31.9 Å². The number of aryl methyl sites for hydroxylation is 1. The zero-order valence-corrected chi connectivity index (χ0v) is 11.0. The van der Waals surface area contributed by atoms with E-state index in [0.29, 0.717) is 0 Å². The fraction of sp³-hybridized carbons (Fsp3) is 0.600. The van der Waals surface area contributed by atoms with Gasteiger partial charge in [0.15, 0.2) is 0 Å². The average molecular weight is 253 g/mol. The van der Waals surface area contributed by atoms with Gasteiger partial charge in [-0.05, 0) is 50.9 Å². The zero-order valence-electron chi connectivity index (χ0n) is 11.0. The summed E-state index contributed by atoms with van der Waals surface area (Å²) in [6, 6.07) is 6.75. The largest absolute Gasteiger partial charge is 0.303 e. The number of halogens is 2. The fourth-order valence-electron chi connectivity index (χ4n) is 2.48. The van der Waals surface area contributed by atoms with Crippen molar-refractivity contribution in [1.82, 2.24) is 4.90 Å². The molecule has 0 saturated carbocycles. The molecule has 1 aromatic carbocycles. The lowest BCUT2D eigenvalue weighted by molar-refractivity contribution is 0.0174. The molecular weight excluding hydrogens is 232 g/mol. The maximum absolute atomic E-state index is 13.0. The summed E-state index contributed by atoms with van der Waals surface area (Å²) < 4.78 is 26.1. The van der Waals surface area contributed by atoms with Crippen LogP contribution in [0.25, 0.3) is 0 Å². The molecule has 0 aromatic heterocycles. The van der Waals surface area contributed by atoms with E-state index >= 15 is 0 Å². The Balaban J connectivity index is 1.79. The minimum absolute atomic E-state index is 0.103. The second kappa shape index (κ2) is 5.79. The van der Waals surface area contributed by atoms with Gasteiger partial charge in [-0.15, -0.1) is 0 Å². The highest BCUT2D eigenvalue weighted by atomic mass is 19.3. The highest BCUT2D eigenvalue weighted by Gasteiger charge is 2.23. The van der Waals surface area contributed by atoms with Crippen molar-refractivity contribution < 1.29 is 8.78 Å². The van der Waals surface area contributed by atoms with Crippen LogP contribution in [0, 0.1) is 0 Å². The highest BCUT2D eigenvalue weighted by molar-refractivity contribution is 5.25. The molecule has 3 heteroatoms. The monoisotopic (exact) mass is 253 g/mol. The van der Waals surface area contributed by atoms with Crippen LogP contribution >= 0.6 is 0 Å². The molecule has 2 rings (SSSR count). The van der Waals surface area contributed by atoms with Crippen molar-refractivity contribution in [3.63, 3.8) is 0 Å². The number of likely N-dealkylation sites (tertiary alicyclic amines) is 1. The smallest absolute Gasteiger partial charge is 0.270 e. The highest BCUT2D eigenvalue weighted by Crippen LogP contribution is 2.26. The van der Waals surface area contributed by atoms with Crippen LogP contribution in [0.15, 0.2) is 24.3 Å². The maximum atomic E-state index is 13.0. The van der Waals surface area contributed by atoms with Crippen LogP contribution in [-0.4, -0.2) is 24.5 Å². The first kappa shape index (κ1) is 13.5. The molecule has 1 saturated heterocycles. The number of benzene rings is 1. The number of nitrogens with zero attached hydrogens (tertiary/aromatic N) is 1. The molecule has 0 atom stereocenters. The minimum atomic E-state index is -2.73. The van der Waals surface area contributed by atoms with Gasteiger partial charge >= 0.3 is 0 Å². The molecule has 1 fully saturated rings. The SMILES string of the molecule is CC(F)(F)c1ccc(CCCN2CCCC2)cc1. The van der Waals surface area contributed by atoms with Crippen molar-refractivity contribution >= 4 is 0 Å². The lowest BCUT2D eigenvalue weighted by Gasteiger charge is -2.14. The number of hydrogen-bond donors (Lipinski definition) is 0. The van der Waals surface area contributed by atoms with Crippen LogP contribution in [0.5, 0.6) is 0 Å². The standard InChI is InChI=1S/C15H21F2N/c1-15(16,17)14-8-6-13(7-9-14)5-4-12-18-10-2-3-11-18/h6-9H,2-5,10-12H2,1H3. The van der Waals surface area contributed by atoms with Crippen LogP contribution < -0.4 is 0 Å². The van der Waals surface area contributed by atoms with Gasteiger partial charge < -0.3 is 4.90 Å². The Morgan fingerprint density at radius 2 is 1.72 bits per heavy atom. The van der Waals surface area contributed by atoms with Gasteiger partial charge in [0.2, 0.25) is 0 Å². The van der Waals surface area contributed by atoms with E-state index in [1.807, 2.05) is 12.1 Å². The average Bonchev–Trinajstić information content (AvgIpc) is 2.82. The van der Waals surface area contributed by atoms with Gasteiger partial charge in [0.25, 0.3) is 5.92 Å². The minimum Gasteiger partial charge on any atom is -0.303 e. The number of rotatable bonds is 5. The van der Waals surface area contributed by atoms with Crippen LogP contribution in [0.1, 0.15) is 37.3 Å². The summed E-state index contributed by atoms with van der Waals surface area (Å²) in [4.78, 5) is 2.48. The third kappa shape index (κ3) is 3.77. The van der Waals surface area contributed by atoms with Crippen molar-refractivity contribution in [1.29, 1.82) is 0 Å². The van der Waals surface area contributed by atoms with Gasteiger partial charge in [0, 0.05) is 12.5 Å². The first-order valence-corrected chi connectivity index (χ1v) is 6.75. The lowest BCUT2D eigenvalue weighted by atomic mass is 10.0. The van der Waals surface area contributed by atoms with E-state index in [4.69, 9.17) is 0 Å². The lowest BCUT2D eigenvalue weighted by Crippen LogP contribution is -2.20. The summed E-state index contributed by atoms with van der Waals surface area (Å²) in [6.45, 7) is 4.52. The van der Waals surface area contributed by atoms with Crippen molar-refractivity contribution in [2.45, 2.75) is 38.5 Å². The molecule has 0 amide bonds. The summed E-state index contributed by atoms with van der Waals surface area (Å²) in [5.74, 6) is -2.73. The van der Waals surface area contributed by atoms with Crippen LogP contribution in [0.4, 0.5) is 8.78 Å². The molecular formula is C15H21F2N. The summed E-state index contributed by atoms with van der Waals surface area (Å²) >= 11 is 0. The summed E-state index contributed by atoms with van der Waals surface area (Å²) in [5.41, 5.74) is 1.26. The third-order valence-corrected chi connectivity index (χ3v) is 3.60. The Kier molecular flexibility index (Phi) is 4.33. The van der Waals surface area contributed by atoms with Crippen LogP contribution in [-0.2, 0) is 12.3 Å². The Bertz CT molecular complexity index is 361. The third-order valence-electron chi connectivity index (χ3n) is 3.60. The van der Waals surface area contributed by atoms with E-state index < -0.39 is 5.92 Å². The Morgan fingerprint density at radius 3 is 2.28 bits per heavy atom. The zero-order chi connectivity index (χ0) is 13.0. The quantitative estimate of drug-likeness (QED) is 0.771. The van der Waals surface area contributed by atoms with Gasteiger partial charge in [0.05, 0.1) is 0 Å². The second-order valence-electron chi connectivity index (χ2n) is 5.24. The molecule has 1 aromatic rings. The molecule has 1 aliphatic heterocycles. The summed E-state index contributed by atoms with van der Waals surface area (Å²) in [6.07, 6.45) is 4.73. The van der Waals surface area contributed by atoms with E-state index in [1.165, 1.54) is 25.9 Å². The van der Waals surface area contributed by atoms with E-state index in [9.17, 15) is 8.78 Å². The Labute approximate surface area is 108 Å². The molecule has 100 valence electrons. The molecule has 18 heavy (non-hydrogen) atoms. The van der Waals surface area contributed by atoms with Gasteiger partial charge in [-0.25, -0.2) is 8.78 Å². The van der Waals surface area contributed by atoms with E-state index in [1.54, 1.807) is 12.1 Å². The van der Waals surface area contributed by atoms with Crippen molar-refractivity contribution in [2.75, 3.05) is 19.6 Å². The molecule has 1 nitrogen and oxygen atoms in total. The summed E-state index contributed by atoms with van der Waals surface area (Å²) in [5, 5.41) is 0. The van der Waals surface area contributed by atoms with Crippen molar-refractivity contribution in [3.05, 3.63) is 35.4 Å². The topological polar surface area (TPSA) is 3.24 Å². The predicted molar refractivity (Wildman–Crippen MR) is 70.0 cm³/mol. The first-order valence-electron chi connectivity index (χ1n) is 6.75. The normalized spacial score (nSPS) is 17.3. The van der Waals surface area contributed by atoms with Gasteiger partial charge in [-0.2, -0.15) is 0 Å².